The molecule has 10 aliphatic rings. The van der Waals surface area contributed by atoms with Crippen molar-refractivity contribution in [2.24, 2.45) is 5.92 Å². The van der Waals surface area contributed by atoms with E-state index >= 15 is 0 Å². The average Bonchev–Trinajstić information content (AvgIpc) is 1.63. The van der Waals surface area contributed by atoms with Crippen LogP contribution in [0.15, 0.2) is 159 Å². The van der Waals surface area contributed by atoms with Gasteiger partial charge in [-0.15, -0.1) is 0 Å². The number of hydrogen-bond donors (Lipinski definition) is 3. The van der Waals surface area contributed by atoms with Gasteiger partial charge in [0, 0.05) is 230 Å². The van der Waals surface area contributed by atoms with Gasteiger partial charge in [0.15, 0.2) is 0 Å². The topological polar surface area (TPSA) is 315 Å². The third-order valence-corrected chi connectivity index (χ3v) is 26.9. The molecule has 4 saturated carbocycles. The van der Waals surface area contributed by atoms with Crippen LogP contribution in [0.3, 0.4) is 0 Å². The summed E-state index contributed by atoms with van der Waals surface area (Å²) < 4.78 is 72.1. The van der Waals surface area contributed by atoms with E-state index in [0.29, 0.717) is 29.9 Å². The molecule has 12 aromatic rings. The Morgan fingerprint density at radius 3 is 1.11 bits per heavy atom. The lowest BCUT2D eigenvalue weighted by molar-refractivity contribution is 0.122. The van der Waals surface area contributed by atoms with Gasteiger partial charge in [0.05, 0.1) is 131 Å². The molecule has 9 fully saturated rings. The Labute approximate surface area is 775 Å². The number of nitrogens with zero attached hydrogens (tertiary/aromatic N) is 19. The van der Waals surface area contributed by atoms with Crippen LogP contribution in [0.4, 0.5) is 50.3 Å². The first-order valence-electron chi connectivity index (χ1n) is 47.8. The maximum Gasteiger partial charge on any atom is 0.220 e. The van der Waals surface area contributed by atoms with Crippen molar-refractivity contribution in [1.82, 2.24) is 69.7 Å². The molecule has 8 aromatic heterocycles. The van der Waals surface area contributed by atoms with Gasteiger partial charge in [-0.25, -0.2) is 44.3 Å². The van der Waals surface area contributed by atoms with E-state index in [9.17, 15) is 4.39 Å². The second-order valence-electron chi connectivity index (χ2n) is 35.9. The molecule has 0 amide bonds. The number of ether oxygens (including phenoxy) is 10. The first-order chi connectivity index (χ1) is 65.5. The van der Waals surface area contributed by atoms with Crippen molar-refractivity contribution in [1.29, 1.82) is 0 Å². The molecular weight excluding hydrogens is 1690 g/mol. The molecule has 0 atom stereocenters. The molecule has 32 nitrogen and oxygen atoms in total. The standard InChI is InChI=1S/C28H37N7O2.C25H29N5O3.C24H29N5O3.C23H26FN5O2/c1-33-10-12-34(13-11-33)22-4-7-27(31-20-22)32-21-2-5-24(6-3-21)37-26-19-23(35-14-16-36-17-15-35)18-25-28(26)30-9-8-29-25;1-3-20(4-2-17(1)13-23-28-16-18-5-10-32-25(18)29-23)33-22-15-19(30-8-11-31-12-9-30)14-21-24(22)27-7-6-26-21;1-30-20-6-7-26-23(16-20)28-17-2-4-19(5-3-17)32-22-15-18(29-10-12-31-13-11-29)14-21-24(22)27-9-8-25-21;24-16-1-6-22(27-15-16)28-17-2-4-19(5-3-17)31-21-14-18(29-9-11-30-12-10-29)13-20-23(21)26-8-7-25-20/h4,7-9,18-21,24H,2-3,5-6,10-17H2,1H3,(H,31,32);6-7,14-17,20H,1-5,8-13H2;6-9,14-17,19H,2-5,10-13H2,1H3,(H,26,28);1,6-8,13-15,17,19H,2-5,9-12H2,(H,27,28). The number of rotatable bonds is 22. The van der Waals surface area contributed by atoms with Crippen LogP contribution in [-0.4, -0.2) is 264 Å². The maximum absolute atomic E-state index is 13.1. The predicted octanol–water partition coefficient (Wildman–Crippen LogP) is 14.3. The highest BCUT2D eigenvalue weighted by Gasteiger charge is 2.32. The summed E-state index contributed by atoms with van der Waals surface area (Å²) in [4.78, 5) is 72.9. The van der Waals surface area contributed by atoms with Crippen molar-refractivity contribution in [3.8, 4) is 34.6 Å². The molecule has 0 unspecified atom stereocenters. The summed E-state index contributed by atoms with van der Waals surface area (Å²) in [5.74, 6) is 8.58. The van der Waals surface area contributed by atoms with Gasteiger partial charge in [-0.05, 0) is 170 Å². The monoisotopic (exact) mass is 1810 g/mol. The highest BCUT2D eigenvalue weighted by molar-refractivity contribution is 5.88. The zero-order valence-corrected chi connectivity index (χ0v) is 76.2. The Hall–Kier alpha value is -12.3. The number of benzene rings is 4. The number of pyridine rings is 3. The molecule has 6 aliphatic heterocycles. The Balaban J connectivity index is 0.000000115. The minimum atomic E-state index is -0.322. The van der Waals surface area contributed by atoms with E-state index < -0.39 is 0 Å². The molecule has 33 heteroatoms. The number of nitrogens with one attached hydrogen (secondary N) is 3. The molecular formula is C100H121FN22O10. The smallest absolute Gasteiger partial charge is 0.220 e. The summed E-state index contributed by atoms with van der Waals surface area (Å²) in [6.07, 6.45) is 39.5. The fourth-order valence-corrected chi connectivity index (χ4v) is 19.4. The molecule has 698 valence electrons. The molecule has 133 heavy (non-hydrogen) atoms. The zero-order chi connectivity index (χ0) is 89.9. The minimum Gasteiger partial charge on any atom is -0.497 e. The Morgan fingerprint density at radius 2 is 0.722 bits per heavy atom. The number of fused-ring (bicyclic) bond motifs is 5. The second-order valence-corrected chi connectivity index (χ2v) is 35.9. The van der Waals surface area contributed by atoms with Crippen LogP contribution in [0.1, 0.15) is 114 Å². The number of anilines is 8. The normalized spacial score (nSPS) is 22.3. The third kappa shape index (κ3) is 23.7. The molecule has 0 radical (unpaired) electrons. The van der Waals surface area contributed by atoms with Gasteiger partial charge in [-0.1, -0.05) is 0 Å². The van der Waals surface area contributed by atoms with Crippen molar-refractivity contribution >= 4 is 90.0 Å². The quantitative estimate of drug-likeness (QED) is 0.0567. The molecule has 0 spiro atoms. The summed E-state index contributed by atoms with van der Waals surface area (Å²) >= 11 is 0. The van der Waals surface area contributed by atoms with Crippen LogP contribution in [0.2, 0.25) is 0 Å². The van der Waals surface area contributed by atoms with Crippen molar-refractivity contribution in [3.63, 3.8) is 0 Å². The lowest BCUT2D eigenvalue weighted by Gasteiger charge is -2.34. The summed E-state index contributed by atoms with van der Waals surface area (Å²) in [6.45, 7) is 18.0. The lowest BCUT2D eigenvalue weighted by atomic mass is 9.85. The first-order valence-corrected chi connectivity index (χ1v) is 47.8. The highest BCUT2D eigenvalue weighted by Crippen LogP contribution is 2.41. The number of methoxy groups -OCH3 is 1. The fraction of sp³-hybridized carbons (Fsp3) is 0.490. The molecule has 4 aliphatic carbocycles. The van der Waals surface area contributed by atoms with Crippen molar-refractivity contribution in [2.75, 3.05) is 193 Å². The summed E-state index contributed by atoms with van der Waals surface area (Å²) in [7, 11) is 3.85. The van der Waals surface area contributed by atoms with Crippen LogP contribution in [0.5, 0.6) is 34.6 Å². The maximum atomic E-state index is 13.1. The predicted molar refractivity (Wildman–Crippen MR) is 511 cm³/mol. The molecule has 3 N–H and O–H groups in total. The van der Waals surface area contributed by atoms with Gasteiger partial charge in [0.2, 0.25) is 5.88 Å². The van der Waals surface area contributed by atoms with Gasteiger partial charge >= 0.3 is 0 Å². The van der Waals surface area contributed by atoms with E-state index in [4.69, 9.17) is 52.4 Å². The van der Waals surface area contributed by atoms with E-state index in [0.717, 1.165) is 378 Å². The van der Waals surface area contributed by atoms with E-state index in [2.05, 4.69) is 173 Å². The molecule has 4 aromatic carbocycles. The zero-order valence-electron chi connectivity index (χ0n) is 76.2. The minimum absolute atomic E-state index is 0.129. The van der Waals surface area contributed by atoms with Gasteiger partial charge in [0.1, 0.15) is 79.9 Å². The van der Waals surface area contributed by atoms with Crippen LogP contribution in [0.25, 0.3) is 44.1 Å². The van der Waals surface area contributed by atoms with Crippen molar-refractivity contribution in [2.45, 2.75) is 158 Å². The number of halogens is 1. The average molecular weight is 1810 g/mol. The molecule has 14 heterocycles. The van der Waals surface area contributed by atoms with Crippen LogP contribution < -0.4 is 68.9 Å². The number of aromatic nitrogens is 13. The van der Waals surface area contributed by atoms with E-state index in [1.807, 2.05) is 24.5 Å². The van der Waals surface area contributed by atoms with Crippen molar-refractivity contribution < 1.29 is 51.8 Å². The van der Waals surface area contributed by atoms with Crippen molar-refractivity contribution in [3.05, 3.63) is 176 Å². The fourth-order valence-electron chi connectivity index (χ4n) is 19.4. The summed E-state index contributed by atoms with van der Waals surface area (Å²) in [6, 6.07) is 29.2. The largest absolute Gasteiger partial charge is 0.497 e. The number of morpholine rings is 4. The van der Waals surface area contributed by atoms with Crippen LogP contribution in [0, 0.1) is 11.7 Å². The Bertz CT molecular complexity index is 5770. The molecule has 0 bridgehead atoms. The number of piperazine rings is 1. The van der Waals surface area contributed by atoms with Crippen LogP contribution >= 0.6 is 0 Å². The summed E-state index contributed by atoms with van der Waals surface area (Å²) in [5.41, 5.74) is 13.6. The van der Waals surface area contributed by atoms with E-state index in [-0.39, 0.29) is 30.2 Å². The number of likely N-dealkylation sites (N-methyl/N-ethyl adjacent to an activating group) is 1. The van der Waals surface area contributed by atoms with E-state index in [1.165, 1.54) is 18.0 Å². The third-order valence-electron chi connectivity index (χ3n) is 26.9. The van der Waals surface area contributed by atoms with Gasteiger partial charge in [-0.3, -0.25) is 19.9 Å². The molecule has 22 rings (SSSR count). The Morgan fingerprint density at radius 1 is 0.346 bits per heavy atom. The van der Waals surface area contributed by atoms with Crippen LogP contribution in [-0.2, 0) is 31.8 Å². The van der Waals surface area contributed by atoms with Gasteiger partial charge in [0.25, 0.3) is 0 Å². The highest BCUT2D eigenvalue weighted by atomic mass is 19.1. The lowest BCUT2D eigenvalue weighted by Crippen LogP contribution is -2.44. The molecule has 5 saturated heterocycles. The van der Waals surface area contributed by atoms with E-state index in [1.54, 1.807) is 68.9 Å². The van der Waals surface area contributed by atoms with Gasteiger partial charge in [-0.2, -0.15) is 4.98 Å². The van der Waals surface area contributed by atoms with Gasteiger partial charge < -0.3 is 92.7 Å². The first kappa shape index (κ1) is 89.9. The number of hydrogen-bond acceptors (Lipinski definition) is 32. The Kier molecular flexibility index (Phi) is 29.8. The second kappa shape index (κ2) is 44.0. The SMILES string of the molecule is CN1CCN(c2ccc(NC3CCC(Oc4cc(N5CCOCC5)cc5nccnc45)CC3)nc2)CC1.COc1ccnc(NC2CCC(Oc3cc(N4CCOCC4)cc4nccnc34)CC2)c1.Fc1ccc(NC2CCC(Oc3cc(N4CCOCC4)cc4nccnc34)CC2)nc1.c1cnc2c(OC3CCC(Cc4ncc5c(n4)OCC5)CC3)cc(N3CCOCC3)cc2n1. The summed E-state index contributed by atoms with van der Waals surface area (Å²) in [5, 5.41) is 10.6.